The average molecular weight is 332 g/mol. The maximum Gasteiger partial charge on any atom is 0.0772 e. The van der Waals surface area contributed by atoms with Gasteiger partial charge in [0.05, 0.1) is 6.10 Å². The molecule has 0 heterocycles. The number of thioether (sulfide) groups is 1. The Kier molecular flexibility index (Phi) is 7.30. The SMILES string of the molecule is CCN(CC)CCSc1ccc(C(C)O)c(Br)c1. The summed E-state index contributed by atoms with van der Waals surface area (Å²) >= 11 is 5.37. The molecule has 0 aliphatic carbocycles. The van der Waals surface area contributed by atoms with Crippen LogP contribution in [0.5, 0.6) is 0 Å². The van der Waals surface area contributed by atoms with Crippen LogP contribution in [0.1, 0.15) is 32.4 Å². The Bertz CT molecular complexity index is 367. The highest BCUT2D eigenvalue weighted by Gasteiger charge is 2.07. The molecular formula is C14H22BrNOS. The van der Waals surface area contributed by atoms with Crippen LogP contribution in [-0.4, -0.2) is 35.4 Å². The van der Waals surface area contributed by atoms with E-state index in [9.17, 15) is 5.11 Å². The second kappa shape index (κ2) is 8.20. The summed E-state index contributed by atoms with van der Waals surface area (Å²) in [6.07, 6.45) is -0.422. The van der Waals surface area contributed by atoms with Crippen LogP contribution in [0.3, 0.4) is 0 Å². The van der Waals surface area contributed by atoms with Gasteiger partial charge in [-0.3, -0.25) is 0 Å². The van der Waals surface area contributed by atoms with Crippen LogP contribution >= 0.6 is 27.7 Å². The number of halogens is 1. The molecule has 2 nitrogen and oxygen atoms in total. The first-order valence-corrected chi connectivity index (χ1v) is 8.19. The standard InChI is InChI=1S/C14H22BrNOS/c1-4-16(5-2)8-9-18-12-6-7-13(11(3)17)14(15)10-12/h6-7,10-11,17H,4-5,8-9H2,1-3H3. The zero-order valence-electron chi connectivity index (χ0n) is 11.3. The summed E-state index contributed by atoms with van der Waals surface area (Å²) in [7, 11) is 0. The minimum atomic E-state index is -0.422. The lowest BCUT2D eigenvalue weighted by Crippen LogP contribution is -2.25. The number of nitrogens with zero attached hydrogens (tertiary/aromatic N) is 1. The van der Waals surface area contributed by atoms with E-state index in [1.807, 2.05) is 17.8 Å². The molecule has 102 valence electrons. The van der Waals surface area contributed by atoms with Gasteiger partial charge in [-0.1, -0.05) is 35.8 Å². The molecule has 0 aromatic heterocycles. The molecule has 0 saturated heterocycles. The van der Waals surface area contributed by atoms with E-state index in [-0.39, 0.29) is 0 Å². The Hall–Kier alpha value is -0.0300. The monoisotopic (exact) mass is 331 g/mol. The van der Waals surface area contributed by atoms with Crippen molar-refractivity contribution >= 4 is 27.7 Å². The summed E-state index contributed by atoms with van der Waals surface area (Å²) in [5, 5.41) is 9.56. The van der Waals surface area contributed by atoms with Gasteiger partial charge >= 0.3 is 0 Å². The fraction of sp³-hybridized carbons (Fsp3) is 0.571. The molecule has 0 radical (unpaired) electrons. The predicted molar refractivity (Wildman–Crippen MR) is 83.3 cm³/mol. The van der Waals surface area contributed by atoms with Gasteiger partial charge in [0, 0.05) is 21.7 Å². The first kappa shape index (κ1) is 16.0. The zero-order valence-corrected chi connectivity index (χ0v) is 13.7. The molecule has 1 rings (SSSR count). The van der Waals surface area contributed by atoms with Crippen molar-refractivity contribution in [3.8, 4) is 0 Å². The van der Waals surface area contributed by atoms with Gasteiger partial charge in [0.25, 0.3) is 0 Å². The summed E-state index contributed by atoms with van der Waals surface area (Å²) in [6.45, 7) is 9.52. The molecule has 0 spiro atoms. The lowest BCUT2D eigenvalue weighted by Gasteiger charge is -2.17. The first-order chi connectivity index (χ1) is 8.58. The molecular weight excluding hydrogens is 310 g/mol. The number of rotatable bonds is 7. The van der Waals surface area contributed by atoms with E-state index < -0.39 is 6.10 Å². The van der Waals surface area contributed by atoms with Gasteiger partial charge in [0.1, 0.15) is 0 Å². The highest BCUT2D eigenvalue weighted by atomic mass is 79.9. The predicted octanol–water partition coefficient (Wildman–Crippen LogP) is 3.94. The Morgan fingerprint density at radius 2 is 2.00 bits per heavy atom. The molecule has 0 aliphatic rings. The molecule has 0 aliphatic heterocycles. The number of benzene rings is 1. The summed E-state index contributed by atoms with van der Waals surface area (Å²) in [5.74, 6) is 1.10. The molecule has 1 N–H and O–H groups in total. The van der Waals surface area contributed by atoms with Crippen LogP contribution in [-0.2, 0) is 0 Å². The Labute approximate surface area is 123 Å². The van der Waals surface area contributed by atoms with Gasteiger partial charge in [0.15, 0.2) is 0 Å². The highest BCUT2D eigenvalue weighted by Crippen LogP contribution is 2.28. The Balaban J connectivity index is 2.51. The summed E-state index contributed by atoms with van der Waals surface area (Å²) < 4.78 is 0.991. The van der Waals surface area contributed by atoms with Crippen molar-refractivity contribution in [3.63, 3.8) is 0 Å². The highest BCUT2D eigenvalue weighted by molar-refractivity contribution is 9.10. The third-order valence-corrected chi connectivity index (χ3v) is 4.65. The number of hydrogen-bond acceptors (Lipinski definition) is 3. The molecule has 4 heteroatoms. The minimum absolute atomic E-state index is 0.422. The second-order valence-corrected chi connectivity index (χ2v) is 6.26. The molecule has 0 fully saturated rings. The fourth-order valence-corrected chi connectivity index (χ4v) is 3.58. The number of aliphatic hydroxyl groups excluding tert-OH is 1. The topological polar surface area (TPSA) is 23.5 Å². The van der Waals surface area contributed by atoms with Gasteiger partial charge in [-0.05, 0) is 37.7 Å². The van der Waals surface area contributed by atoms with Crippen LogP contribution in [0.2, 0.25) is 0 Å². The van der Waals surface area contributed by atoms with E-state index in [0.717, 1.165) is 35.4 Å². The second-order valence-electron chi connectivity index (χ2n) is 4.23. The third-order valence-electron chi connectivity index (χ3n) is 2.99. The van der Waals surface area contributed by atoms with Crippen LogP contribution in [0, 0.1) is 0 Å². The van der Waals surface area contributed by atoms with Gasteiger partial charge in [-0.15, -0.1) is 11.8 Å². The van der Waals surface area contributed by atoms with Crippen molar-refractivity contribution in [1.82, 2.24) is 4.90 Å². The molecule has 1 unspecified atom stereocenters. The summed E-state index contributed by atoms with van der Waals surface area (Å²) in [4.78, 5) is 3.67. The van der Waals surface area contributed by atoms with Crippen molar-refractivity contribution in [2.45, 2.75) is 31.8 Å². The van der Waals surface area contributed by atoms with E-state index in [4.69, 9.17) is 0 Å². The smallest absolute Gasteiger partial charge is 0.0772 e. The lowest BCUT2D eigenvalue weighted by atomic mass is 10.1. The largest absolute Gasteiger partial charge is 0.389 e. The quantitative estimate of drug-likeness (QED) is 0.765. The Morgan fingerprint density at radius 3 is 2.50 bits per heavy atom. The van der Waals surface area contributed by atoms with Crippen LogP contribution in [0.15, 0.2) is 27.6 Å². The normalized spacial score (nSPS) is 13.0. The van der Waals surface area contributed by atoms with E-state index in [1.165, 1.54) is 4.90 Å². The molecule has 18 heavy (non-hydrogen) atoms. The van der Waals surface area contributed by atoms with Gasteiger partial charge in [-0.25, -0.2) is 0 Å². The third kappa shape index (κ3) is 4.92. The van der Waals surface area contributed by atoms with Gasteiger partial charge in [-0.2, -0.15) is 0 Å². The van der Waals surface area contributed by atoms with Crippen LogP contribution in [0.25, 0.3) is 0 Å². The average Bonchev–Trinajstić information content (AvgIpc) is 2.34. The number of hydrogen-bond donors (Lipinski definition) is 1. The maximum absolute atomic E-state index is 9.56. The summed E-state index contributed by atoms with van der Waals surface area (Å²) in [5.41, 5.74) is 0.947. The van der Waals surface area contributed by atoms with E-state index >= 15 is 0 Å². The molecule has 0 bridgehead atoms. The molecule has 0 amide bonds. The maximum atomic E-state index is 9.56. The van der Waals surface area contributed by atoms with Crippen LogP contribution in [0.4, 0.5) is 0 Å². The van der Waals surface area contributed by atoms with E-state index in [2.05, 4.69) is 46.8 Å². The first-order valence-electron chi connectivity index (χ1n) is 6.41. The molecule has 1 atom stereocenters. The summed E-state index contributed by atoms with van der Waals surface area (Å²) in [6, 6.07) is 6.17. The molecule has 1 aromatic carbocycles. The Morgan fingerprint density at radius 1 is 1.33 bits per heavy atom. The van der Waals surface area contributed by atoms with E-state index in [1.54, 1.807) is 6.92 Å². The minimum Gasteiger partial charge on any atom is -0.389 e. The van der Waals surface area contributed by atoms with E-state index in [0.29, 0.717) is 0 Å². The van der Waals surface area contributed by atoms with Crippen molar-refractivity contribution in [2.24, 2.45) is 0 Å². The van der Waals surface area contributed by atoms with Crippen LogP contribution < -0.4 is 0 Å². The van der Waals surface area contributed by atoms with Gasteiger partial charge in [0.2, 0.25) is 0 Å². The van der Waals surface area contributed by atoms with Crippen molar-refractivity contribution in [2.75, 3.05) is 25.4 Å². The lowest BCUT2D eigenvalue weighted by molar-refractivity contribution is 0.198. The van der Waals surface area contributed by atoms with Crippen molar-refractivity contribution in [1.29, 1.82) is 0 Å². The number of aliphatic hydroxyl groups is 1. The van der Waals surface area contributed by atoms with Gasteiger partial charge < -0.3 is 10.0 Å². The fourth-order valence-electron chi connectivity index (χ4n) is 1.77. The van der Waals surface area contributed by atoms with Crippen molar-refractivity contribution in [3.05, 3.63) is 28.2 Å². The molecule has 0 saturated carbocycles. The zero-order chi connectivity index (χ0) is 13.5. The van der Waals surface area contributed by atoms with Crippen molar-refractivity contribution < 1.29 is 5.11 Å². The molecule has 1 aromatic rings.